The topological polar surface area (TPSA) is 60.0 Å². The number of hydrogen-bond acceptors (Lipinski definition) is 5. The van der Waals surface area contributed by atoms with Gasteiger partial charge in [0.05, 0.1) is 12.2 Å². The van der Waals surface area contributed by atoms with Gasteiger partial charge in [0.2, 0.25) is 0 Å². The minimum Gasteiger partial charge on any atom is -0.361 e. The molecule has 108 valence electrons. The first kappa shape index (κ1) is 13.3. The van der Waals surface area contributed by atoms with Crippen LogP contribution in [0.15, 0.2) is 10.6 Å². The van der Waals surface area contributed by atoms with E-state index in [1.807, 2.05) is 31.5 Å². The van der Waals surface area contributed by atoms with Gasteiger partial charge in [-0.25, -0.2) is 9.67 Å². The predicted molar refractivity (Wildman–Crippen MR) is 74.2 cm³/mol. The fraction of sp³-hybridized carbons (Fsp3) is 0.643. The van der Waals surface area contributed by atoms with E-state index in [0.29, 0.717) is 6.04 Å². The van der Waals surface area contributed by atoms with E-state index >= 15 is 0 Å². The fourth-order valence-corrected chi connectivity index (χ4v) is 2.94. The number of rotatable bonds is 4. The Morgan fingerprint density at radius 2 is 2.20 bits per heavy atom. The lowest BCUT2D eigenvalue weighted by atomic mass is 10.2. The third-order valence-electron chi connectivity index (χ3n) is 3.89. The standard InChI is InChI=1S/C14H21N5O/c1-10-7-13(17-20-10)8-18-6-4-5-14(18)9-19-12(3)15-11(2)16-19/h7,14H,4-6,8-9H2,1-3H3/t14-/m0/s1. The van der Waals surface area contributed by atoms with E-state index in [-0.39, 0.29) is 0 Å². The highest BCUT2D eigenvalue weighted by Gasteiger charge is 2.26. The molecule has 1 atom stereocenters. The third kappa shape index (κ3) is 2.75. The van der Waals surface area contributed by atoms with Gasteiger partial charge in [0.15, 0.2) is 0 Å². The van der Waals surface area contributed by atoms with Crippen molar-refractivity contribution < 1.29 is 4.52 Å². The number of hydrogen-bond donors (Lipinski definition) is 0. The minimum atomic E-state index is 0.506. The lowest BCUT2D eigenvalue weighted by Crippen LogP contribution is -2.33. The van der Waals surface area contributed by atoms with Gasteiger partial charge in [-0.1, -0.05) is 5.16 Å². The molecule has 1 saturated heterocycles. The van der Waals surface area contributed by atoms with Gasteiger partial charge in [-0.05, 0) is 40.2 Å². The normalized spacial score (nSPS) is 19.9. The molecule has 0 unspecified atom stereocenters. The zero-order chi connectivity index (χ0) is 14.1. The van der Waals surface area contributed by atoms with E-state index in [9.17, 15) is 0 Å². The number of likely N-dealkylation sites (tertiary alicyclic amines) is 1. The molecule has 3 rings (SSSR count). The van der Waals surface area contributed by atoms with E-state index in [4.69, 9.17) is 4.52 Å². The van der Waals surface area contributed by atoms with Crippen molar-refractivity contribution in [2.75, 3.05) is 6.54 Å². The second-order valence-electron chi connectivity index (χ2n) is 5.58. The summed E-state index contributed by atoms with van der Waals surface area (Å²) in [5.41, 5.74) is 1.01. The predicted octanol–water partition coefficient (Wildman–Crippen LogP) is 1.86. The zero-order valence-electron chi connectivity index (χ0n) is 12.3. The van der Waals surface area contributed by atoms with Crippen LogP contribution in [0.1, 0.15) is 35.9 Å². The van der Waals surface area contributed by atoms with Gasteiger partial charge in [-0.15, -0.1) is 0 Å². The molecule has 0 radical (unpaired) electrons. The van der Waals surface area contributed by atoms with Crippen molar-refractivity contribution in [3.63, 3.8) is 0 Å². The quantitative estimate of drug-likeness (QED) is 0.852. The van der Waals surface area contributed by atoms with Gasteiger partial charge < -0.3 is 4.52 Å². The average molecular weight is 275 g/mol. The Labute approximate surface area is 118 Å². The molecule has 1 aliphatic heterocycles. The van der Waals surface area contributed by atoms with Crippen molar-refractivity contribution >= 4 is 0 Å². The first-order valence-corrected chi connectivity index (χ1v) is 7.16. The monoisotopic (exact) mass is 275 g/mol. The van der Waals surface area contributed by atoms with Crippen LogP contribution < -0.4 is 0 Å². The number of aromatic nitrogens is 4. The highest BCUT2D eigenvalue weighted by molar-refractivity contribution is 5.04. The largest absolute Gasteiger partial charge is 0.361 e. The van der Waals surface area contributed by atoms with Crippen molar-refractivity contribution in [3.05, 3.63) is 29.2 Å². The van der Waals surface area contributed by atoms with Crippen LogP contribution in [0.3, 0.4) is 0 Å². The van der Waals surface area contributed by atoms with Crippen LogP contribution in [0, 0.1) is 20.8 Å². The maximum Gasteiger partial charge on any atom is 0.147 e. The smallest absolute Gasteiger partial charge is 0.147 e. The van der Waals surface area contributed by atoms with Gasteiger partial charge in [0.25, 0.3) is 0 Å². The molecule has 6 heteroatoms. The summed E-state index contributed by atoms with van der Waals surface area (Å²) in [5, 5.41) is 8.56. The van der Waals surface area contributed by atoms with Crippen molar-refractivity contribution in [2.24, 2.45) is 0 Å². The molecule has 0 bridgehead atoms. The van der Waals surface area contributed by atoms with Crippen molar-refractivity contribution in [1.82, 2.24) is 24.8 Å². The number of aryl methyl sites for hydroxylation is 3. The summed E-state index contributed by atoms with van der Waals surface area (Å²) in [6, 6.07) is 2.52. The molecule has 20 heavy (non-hydrogen) atoms. The Hall–Kier alpha value is -1.69. The highest BCUT2D eigenvalue weighted by atomic mass is 16.5. The maximum atomic E-state index is 5.15. The van der Waals surface area contributed by atoms with Crippen LogP contribution in [0.25, 0.3) is 0 Å². The lowest BCUT2D eigenvalue weighted by Gasteiger charge is -2.23. The summed E-state index contributed by atoms with van der Waals surface area (Å²) >= 11 is 0. The van der Waals surface area contributed by atoms with Gasteiger partial charge in [-0.3, -0.25) is 4.90 Å². The molecule has 3 heterocycles. The molecule has 2 aromatic rings. The molecule has 1 aliphatic rings. The van der Waals surface area contributed by atoms with Crippen LogP contribution in [0.2, 0.25) is 0 Å². The Balaban J connectivity index is 1.67. The zero-order valence-corrected chi connectivity index (χ0v) is 12.3. The average Bonchev–Trinajstić information content (AvgIpc) is 3.05. The second kappa shape index (κ2) is 5.36. The summed E-state index contributed by atoms with van der Waals surface area (Å²) in [5.74, 6) is 2.71. The van der Waals surface area contributed by atoms with Crippen LogP contribution in [-0.4, -0.2) is 37.4 Å². The van der Waals surface area contributed by atoms with Crippen molar-refractivity contribution in [3.8, 4) is 0 Å². The van der Waals surface area contributed by atoms with Gasteiger partial charge in [0, 0.05) is 18.7 Å². The Morgan fingerprint density at radius 1 is 1.35 bits per heavy atom. The minimum absolute atomic E-state index is 0.506. The summed E-state index contributed by atoms with van der Waals surface area (Å²) in [7, 11) is 0. The van der Waals surface area contributed by atoms with Crippen molar-refractivity contribution in [2.45, 2.75) is 52.7 Å². The van der Waals surface area contributed by atoms with E-state index in [2.05, 4.69) is 20.1 Å². The summed E-state index contributed by atoms with van der Waals surface area (Å²) in [4.78, 5) is 6.84. The molecule has 6 nitrogen and oxygen atoms in total. The Kier molecular flexibility index (Phi) is 3.56. The van der Waals surface area contributed by atoms with E-state index in [1.54, 1.807) is 0 Å². The van der Waals surface area contributed by atoms with Crippen LogP contribution in [0.4, 0.5) is 0 Å². The summed E-state index contributed by atoms with van der Waals surface area (Å²) < 4.78 is 7.17. The molecule has 0 aromatic carbocycles. The van der Waals surface area contributed by atoms with Crippen LogP contribution in [-0.2, 0) is 13.1 Å². The van der Waals surface area contributed by atoms with Crippen molar-refractivity contribution in [1.29, 1.82) is 0 Å². The summed E-state index contributed by atoms with van der Waals surface area (Å²) in [6.45, 7) is 8.76. The Morgan fingerprint density at radius 3 is 2.85 bits per heavy atom. The molecular weight excluding hydrogens is 254 g/mol. The highest BCUT2D eigenvalue weighted by Crippen LogP contribution is 2.21. The number of nitrogens with zero attached hydrogens (tertiary/aromatic N) is 5. The fourth-order valence-electron chi connectivity index (χ4n) is 2.94. The SMILES string of the molecule is Cc1nc(C)n(C[C@@H]2CCCN2Cc2cc(C)on2)n1. The van der Waals surface area contributed by atoms with E-state index in [0.717, 1.165) is 42.7 Å². The molecule has 0 N–H and O–H groups in total. The van der Waals surface area contributed by atoms with E-state index < -0.39 is 0 Å². The summed E-state index contributed by atoms with van der Waals surface area (Å²) in [6.07, 6.45) is 2.43. The molecule has 2 aromatic heterocycles. The second-order valence-corrected chi connectivity index (χ2v) is 5.58. The lowest BCUT2D eigenvalue weighted by molar-refractivity contribution is 0.212. The first-order chi connectivity index (χ1) is 9.61. The van der Waals surface area contributed by atoms with Crippen LogP contribution >= 0.6 is 0 Å². The molecule has 0 saturated carbocycles. The molecule has 1 fully saturated rings. The van der Waals surface area contributed by atoms with Crippen LogP contribution in [0.5, 0.6) is 0 Å². The Bertz CT molecular complexity index is 588. The first-order valence-electron chi connectivity index (χ1n) is 7.16. The van der Waals surface area contributed by atoms with E-state index in [1.165, 1.54) is 12.8 Å². The third-order valence-corrected chi connectivity index (χ3v) is 3.89. The molecule has 0 spiro atoms. The van der Waals surface area contributed by atoms with Gasteiger partial charge in [-0.2, -0.15) is 5.10 Å². The van der Waals surface area contributed by atoms with Gasteiger partial charge >= 0.3 is 0 Å². The maximum absolute atomic E-state index is 5.15. The van der Waals surface area contributed by atoms with Gasteiger partial charge in [0.1, 0.15) is 17.4 Å². The molecular formula is C14H21N5O. The molecule has 0 aliphatic carbocycles. The molecule has 0 amide bonds.